The van der Waals surface area contributed by atoms with Crippen molar-refractivity contribution in [3.63, 3.8) is 0 Å². The highest BCUT2D eigenvalue weighted by atomic mass is 16.5. The smallest absolute Gasteiger partial charge is 0.228 e. The third kappa shape index (κ3) is 5.46. The normalized spacial score (nSPS) is 16.4. The Labute approximate surface area is 252 Å². The van der Waals surface area contributed by atoms with E-state index in [1.165, 1.54) is 27.5 Å². The maximum atomic E-state index is 5.61. The molecule has 3 aromatic heterocycles. The number of hydrogen-bond acceptors (Lipinski definition) is 8. The van der Waals surface area contributed by atoms with Gasteiger partial charge in [0.2, 0.25) is 5.95 Å². The van der Waals surface area contributed by atoms with Crippen molar-refractivity contribution in [2.45, 2.75) is 20.3 Å². The highest BCUT2D eigenvalue weighted by molar-refractivity contribution is 5.89. The molecule has 224 valence electrons. The van der Waals surface area contributed by atoms with Crippen molar-refractivity contribution >= 4 is 39.3 Å². The van der Waals surface area contributed by atoms with E-state index < -0.39 is 0 Å². The van der Waals surface area contributed by atoms with E-state index >= 15 is 0 Å². The Balaban J connectivity index is 1.22. The van der Waals surface area contributed by atoms with Crippen LogP contribution in [0.4, 0.5) is 17.5 Å². The van der Waals surface area contributed by atoms with Gasteiger partial charge in [-0.05, 0) is 37.6 Å². The molecule has 0 atom stereocenters. The molecule has 2 aliphatic heterocycles. The van der Waals surface area contributed by atoms with Crippen LogP contribution in [0.25, 0.3) is 33.1 Å². The van der Waals surface area contributed by atoms with Crippen molar-refractivity contribution in [1.29, 1.82) is 0 Å². The summed E-state index contributed by atoms with van der Waals surface area (Å²) < 4.78 is 15.4. The zero-order valence-corrected chi connectivity index (χ0v) is 25.6. The Morgan fingerprint density at radius 3 is 2.35 bits per heavy atom. The van der Waals surface area contributed by atoms with Gasteiger partial charge in [0, 0.05) is 87.0 Å². The largest absolute Gasteiger partial charge is 0.379 e. The Hall–Kier alpha value is -3.99. The molecule has 10 nitrogen and oxygen atoms in total. The molecule has 5 heterocycles. The molecule has 10 heteroatoms. The first-order valence-corrected chi connectivity index (χ1v) is 15.2. The minimum Gasteiger partial charge on any atom is -0.379 e. The highest BCUT2D eigenvalue weighted by Gasteiger charge is 2.19. The van der Waals surface area contributed by atoms with Crippen LogP contribution in [0.1, 0.15) is 17.0 Å². The number of nitrogens with zero attached hydrogens (tertiary/aromatic N) is 7. The molecule has 0 saturated carbocycles. The van der Waals surface area contributed by atoms with Crippen molar-refractivity contribution in [1.82, 2.24) is 29.2 Å². The summed E-state index contributed by atoms with van der Waals surface area (Å²) in [5, 5.41) is 11.0. The molecule has 7 rings (SSSR count). The van der Waals surface area contributed by atoms with Crippen molar-refractivity contribution in [2.75, 3.05) is 69.4 Å². The molecule has 0 aliphatic carbocycles. The Morgan fingerprint density at radius 1 is 0.814 bits per heavy atom. The lowest BCUT2D eigenvalue weighted by Crippen LogP contribution is -2.37. The minimum absolute atomic E-state index is 0.674. The van der Waals surface area contributed by atoms with Crippen molar-refractivity contribution < 1.29 is 9.47 Å². The van der Waals surface area contributed by atoms with Gasteiger partial charge in [-0.3, -0.25) is 9.58 Å². The van der Waals surface area contributed by atoms with Crippen molar-refractivity contribution in [3.05, 3.63) is 59.4 Å². The summed E-state index contributed by atoms with van der Waals surface area (Å²) in [6.45, 7) is 11.8. The van der Waals surface area contributed by atoms with Crippen LogP contribution in [-0.2, 0) is 30.0 Å². The highest BCUT2D eigenvalue weighted by Crippen LogP contribution is 2.31. The maximum absolute atomic E-state index is 5.61. The first kappa shape index (κ1) is 27.8. The van der Waals surface area contributed by atoms with Gasteiger partial charge in [0.05, 0.1) is 48.8 Å². The molecule has 2 saturated heterocycles. The van der Waals surface area contributed by atoms with Crippen molar-refractivity contribution in [2.24, 2.45) is 14.1 Å². The van der Waals surface area contributed by atoms with Gasteiger partial charge < -0.3 is 24.3 Å². The molecule has 0 bridgehead atoms. The third-order valence-corrected chi connectivity index (χ3v) is 9.08. The standard InChI is InChI=1S/C33H40N8O2/c1-22-23(2)38(3)30-20-25(6-8-26(22)30)34-32-21-29(35-33(36-32)41-13-17-43-18-14-41)24-5-7-27-28(37-39(4)31(27)19-24)9-10-40-11-15-42-16-12-40/h5-8,19-21H,9-18H2,1-4H3,(H,34,35,36). The zero-order chi connectivity index (χ0) is 29.5. The molecule has 5 aromatic rings. The number of morpholine rings is 2. The summed E-state index contributed by atoms with van der Waals surface area (Å²) in [4.78, 5) is 14.7. The second-order valence-corrected chi connectivity index (χ2v) is 11.7. The van der Waals surface area contributed by atoms with Gasteiger partial charge in [-0.15, -0.1) is 0 Å². The number of benzene rings is 2. The lowest BCUT2D eigenvalue weighted by molar-refractivity contribution is 0.0383. The van der Waals surface area contributed by atoms with Crippen LogP contribution < -0.4 is 10.2 Å². The van der Waals surface area contributed by atoms with Gasteiger partial charge in [0.25, 0.3) is 0 Å². The predicted octanol–water partition coefficient (Wildman–Crippen LogP) is 4.59. The lowest BCUT2D eigenvalue weighted by Gasteiger charge is -2.27. The van der Waals surface area contributed by atoms with Gasteiger partial charge in [-0.1, -0.05) is 18.2 Å². The quantitative estimate of drug-likeness (QED) is 0.299. The predicted molar refractivity (Wildman–Crippen MR) is 171 cm³/mol. The second-order valence-electron chi connectivity index (χ2n) is 11.7. The number of rotatable bonds is 7. The van der Waals surface area contributed by atoms with Crippen LogP contribution in [0.3, 0.4) is 0 Å². The van der Waals surface area contributed by atoms with Gasteiger partial charge in [0.15, 0.2) is 0 Å². The van der Waals surface area contributed by atoms with Crippen LogP contribution >= 0.6 is 0 Å². The van der Waals surface area contributed by atoms with E-state index in [1.807, 2.05) is 17.8 Å². The fourth-order valence-corrected chi connectivity index (χ4v) is 6.30. The van der Waals surface area contributed by atoms with Gasteiger partial charge in [-0.25, -0.2) is 4.98 Å². The van der Waals surface area contributed by atoms with Crippen LogP contribution in [0, 0.1) is 13.8 Å². The van der Waals surface area contributed by atoms with E-state index in [0.29, 0.717) is 19.2 Å². The molecule has 2 aromatic carbocycles. The molecule has 0 amide bonds. The average Bonchev–Trinajstić information content (AvgIpc) is 3.48. The average molecular weight is 581 g/mol. The number of aromatic nitrogens is 5. The number of hydrogen-bond donors (Lipinski definition) is 1. The SMILES string of the molecule is Cc1c(C)n(C)c2cc(Nc3cc(-c4ccc5c(CCN6CCOCC6)nn(C)c5c4)nc(N4CCOCC4)n3)ccc12. The molecule has 43 heavy (non-hydrogen) atoms. The van der Waals surface area contributed by atoms with E-state index in [-0.39, 0.29) is 0 Å². The monoisotopic (exact) mass is 580 g/mol. The first-order valence-electron chi connectivity index (χ1n) is 15.2. The maximum Gasteiger partial charge on any atom is 0.228 e. The van der Waals surface area contributed by atoms with E-state index in [2.05, 4.69) is 77.0 Å². The summed E-state index contributed by atoms with van der Waals surface area (Å²) >= 11 is 0. The summed E-state index contributed by atoms with van der Waals surface area (Å²) in [6, 6.07) is 15.1. The van der Waals surface area contributed by atoms with E-state index in [4.69, 9.17) is 24.5 Å². The van der Waals surface area contributed by atoms with E-state index in [9.17, 15) is 0 Å². The fraction of sp³-hybridized carbons (Fsp3) is 0.424. The summed E-state index contributed by atoms with van der Waals surface area (Å²) in [7, 11) is 4.15. The Morgan fingerprint density at radius 2 is 1.56 bits per heavy atom. The summed E-state index contributed by atoms with van der Waals surface area (Å²) in [5.74, 6) is 1.48. The van der Waals surface area contributed by atoms with E-state index in [0.717, 1.165) is 86.3 Å². The molecule has 0 radical (unpaired) electrons. The summed E-state index contributed by atoms with van der Waals surface area (Å²) in [5.41, 5.74) is 8.96. The lowest BCUT2D eigenvalue weighted by atomic mass is 10.1. The summed E-state index contributed by atoms with van der Waals surface area (Å²) in [6.07, 6.45) is 0.921. The molecular formula is C33H40N8O2. The third-order valence-electron chi connectivity index (χ3n) is 9.08. The number of ether oxygens (including phenoxy) is 2. The van der Waals surface area contributed by atoms with Crippen LogP contribution in [0.5, 0.6) is 0 Å². The minimum atomic E-state index is 0.674. The second kappa shape index (κ2) is 11.6. The molecule has 2 fully saturated rings. The Bertz CT molecular complexity index is 1780. The molecule has 0 spiro atoms. The van der Waals surface area contributed by atoms with Gasteiger partial charge in [-0.2, -0.15) is 10.1 Å². The van der Waals surface area contributed by atoms with Gasteiger partial charge in [0.1, 0.15) is 5.82 Å². The number of nitrogens with one attached hydrogen (secondary N) is 1. The van der Waals surface area contributed by atoms with Crippen LogP contribution in [0.2, 0.25) is 0 Å². The molecule has 0 unspecified atom stereocenters. The van der Waals surface area contributed by atoms with Gasteiger partial charge >= 0.3 is 0 Å². The topological polar surface area (TPSA) is 85.5 Å². The Kier molecular flexibility index (Phi) is 7.50. The first-order chi connectivity index (χ1) is 20.9. The molecule has 1 N–H and O–H groups in total. The number of fused-ring (bicyclic) bond motifs is 2. The molecular weight excluding hydrogens is 540 g/mol. The fourth-order valence-electron chi connectivity index (χ4n) is 6.30. The van der Waals surface area contributed by atoms with Crippen LogP contribution in [-0.4, -0.2) is 88.4 Å². The number of aryl methyl sites for hydroxylation is 3. The molecule has 2 aliphatic rings. The number of anilines is 3. The van der Waals surface area contributed by atoms with Crippen LogP contribution in [0.15, 0.2) is 42.5 Å². The van der Waals surface area contributed by atoms with Crippen molar-refractivity contribution in [3.8, 4) is 11.3 Å². The zero-order valence-electron chi connectivity index (χ0n) is 25.6. The van der Waals surface area contributed by atoms with E-state index in [1.54, 1.807) is 0 Å².